The molecule has 0 N–H and O–H groups in total. The molecule has 74 valence electrons. The number of aromatic nitrogens is 2. The summed E-state index contributed by atoms with van der Waals surface area (Å²) in [4.78, 5) is 4.31. The van der Waals surface area contributed by atoms with Crippen molar-refractivity contribution < 1.29 is 4.74 Å². The van der Waals surface area contributed by atoms with E-state index >= 15 is 0 Å². The van der Waals surface area contributed by atoms with Gasteiger partial charge in [-0.1, -0.05) is 0 Å². The number of hydrogen-bond donors (Lipinski definition) is 0. The lowest BCUT2D eigenvalue weighted by Crippen LogP contribution is -1.91. The Morgan fingerprint density at radius 1 is 1.57 bits per heavy atom. The quantitative estimate of drug-likeness (QED) is 0.622. The van der Waals surface area contributed by atoms with Gasteiger partial charge >= 0.3 is 0 Å². The number of imidazole rings is 1. The van der Waals surface area contributed by atoms with Gasteiger partial charge in [0.25, 0.3) is 0 Å². The second kappa shape index (κ2) is 3.79. The lowest BCUT2D eigenvalue weighted by Gasteiger charge is -2.04. The van der Waals surface area contributed by atoms with Crippen molar-refractivity contribution in [2.45, 2.75) is 5.88 Å². The molecule has 2 rings (SSSR count). The third-order valence-electron chi connectivity index (χ3n) is 1.94. The summed E-state index contributed by atoms with van der Waals surface area (Å²) in [6.07, 6.45) is 1.88. The van der Waals surface area contributed by atoms with E-state index in [0.717, 1.165) is 21.7 Å². The van der Waals surface area contributed by atoms with Gasteiger partial charge in [-0.2, -0.15) is 0 Å². The van der Waals surface area contributed by atoms with Crippen molar-refractivity contribution in [1.29, 1.82) is 0 Å². The van der Waals surface area contributed by atoms with Crippen LogP contribution in [0.2, 0.25) is 0 Å². The van der Waals surface area contributed by atoms with Gasteiger partial charge in [-0.25, -0.2) is 4.98 Å². The van der Waals surface area contributed by atoms with E-state index in [9.17, 15) is 0 Å². The van der Waals surface area contributed by atoms with E-state index in [1.807, 2.05) is 22.7 Å². The van der Waals surface area contributed by atoms with E-state index < -0.39 is 0 Å². The van der Waals surface area contributed by atoms with E-state index in [2.05, 4.69) is 20.9 Å². The summed E-state index contributed by atoms with van der Waals surface area (Å²) in [6.45, 7) is 0. The lowest BCUT2D eigenvalue weighted by molar-refractivity contribution is 0.409. The van der Waals surface area contributed by atoms with Crippen LogP contribution in [0.15, 0.2) is 22.9 Å². The predicted octanol–water partition coefficient (Wildman–Crippen LogP) is 2.84. The monoisotopic (exact) mass is 274 g/mol. The average molecular weight is 276 g/mol. The Balaban J connectivity index is 2.68. The lowest BCUT2D eigenvalue weighted by atomic mass is 10.4. The molecule has 2 aromatic heterocycles. The third-order valence-corrected chi connectivity index (χ3v) is 2.99. The summed E-state index contributed by atoms with van der Waals surface area (Å²) in [7, 11) is 1.63. The maximum atomic E-state index is 5.70. The first-order valence-electron chi connectivity index (χ1n) is 4.02. The molecular formula is C9H8BrClN2O. The number of halogens is 2. The molecule has 14 heavy (non-hydrogen) atoms. The summed E-state index contributed by atoms with van der Waals surface area (Å²) >= 11 is 9.14. The summed E-state index contributed by atoms with van der Waals surface area (Å²) in [5.41, 5.74) is 1.70. The van der Waals surface area contributed by atoms with Gasteiger partial charge in [-0.3, -0.25) is 4.40 Å². The van der Waals surface area contributed by atoms with E-state index in [1.54, 1.807) is 7.11 Å². The first kappa shape index (κ1) is 9.80. The molecule has 2 heterocycles. The SMILES string of the molecule is COc1ccc2nc(CCl)cn2c1Br. The maximum absolute atomic E-state index is 5.70. The molecule has 2 aromatic rings. The molecule has 0 bridgehead atoms. The van der Waals surface area contributed by atoms with Crippen LogP contribution in [0.4, 0.5) is 0 Å². The fourth-order valence-electron chi connectivity index (χ4n) is 1.27. The molecule has 0 aliphatic rings. The Hall–Kier alpha value is -0.740. The first-order valence-corrected chi connectivity index (χ1v) is 5.35. The zero-order chi connectivity index (χ0) is 10.1. The largest absolute Gasteiger partial charge is 0.494 e. The Bertz CT molecular complexity index is 469. The van der Waals surface area contributed by atoms with E-state index in [0.29, 0.717) is 5.88 Å². The molecule has 0 amide bonds. The van der Waals surface area contributed by atoms with Crippen LogP contribution in [0.25, 0.3) is 5.65 Å². The zero-order valence-electron chi connectivity index (χ0n) is 7.50. The Morgan fingerprint density at radius 3 is 3.00 bits per heavy atom. The van der Waals surface area contributed by atoms with Gasteiger partial charge in [-0.15, -0.1) is 11.6 Å². The summed E-state index contributed by atoms with van der Waals surface area (Å²) in [5, 5.41) is 0. The van der Waals surface area contributed by atoms with Crippen LogP contribution < -0.4 is 4.74 Å². The van der Waals surface area contributed by atoms with Gasteiger partial charge in [0.05, 0.1) is 18.7 Å². The van der Waals surface area contributed by atoms with Crippen LogP contribution in [0.3, 0.4) is 0 Å². The fourth-order valence-corrected chi connectivity index (χ4v) is 1.98. The van der Waals surface area contributed by atoms with Gasteiger partial charge in [0, 0.05) is 6.20 Å². The van der Waals surface area contributed by atoms with Gasteiger partial charge < -0.3 is 4.74 Å². The maximum Gasteiger partial charge on any atom is 0.150 e. The number of fused-ring (bicyclic) bond motifs is 1. The highest BCUT2D eigenvalue weighted by atomic mass is 79.9. The topological polar surface area (TPSA) is 26.5 Å². The molecule has 5 heteroatoms. The minimum Gasteiger partial charge on any atom is -0.494 e. The van der Waals surface area contributed by atoms with E-state index in [1.165, 1.54) is 0 Å². The van der Waals surface area contributed by atoms with Crippen LogP contribution in [0, 0.1) is 0 Å². The van der Waals surface area contributed by atoms with Crippen molar-refractivity contribution in [2.24, 2.45) is 0 Å². The average Bonchev–Trinajstić information content (AvgIpc) is 2.62. The van der Waals surface area contributed by atoms with Crippen molar-refractivity contribution in [1.82, 2.24) is 9.38 Å². The first-order chi connectivity index (χ1) is 6.76. The molecule has 0 aliphatic heterocycles. The highest BCUT2D eigenvalue weighted by molar-refractivity contribution is 9.10. The molecule has 0 unspecified atom stereocenters. The number of hydrogen-bond acceptors (Lipinski definition) is 2. The summed E-state index contributed by atoms with van der Waals surface area (Å²) < 4.78 is 7.92. The van der Waals surface area contributed by atoms with Gasteiger partial charge in [-0.05, 0) is 28.1 Å². The number of nitrogens with zero attached hydrogens (tertiary/aromatic N) is 2. The van der Waals surface area contributed by atoms with Crippen molar-refractivity contribution in [3.63, 3.8) is 0 Å². The third kappa shape index (κ3) is 1.48. The highest BCUT2D eigenvalue weighted by Crippen LogP contribution is 2.26. The minimum absolute atomic E-state index is 0.413. The van der Waals surface area contributed by atoms with Crippen LogP contribution in [0.5, 0.6) is 5.75 Å². The van der Waals surface area contributed by atoms with E-state index in [4.69, 9.17) is 16.3 Å². The van der Waals surface area contributed by atoms with Crippen molar-refractivity contribution >= 4 is 33.2 Å². The Morgan fingerprint density at radius 2 is 2.36 bits per heavy atom. The zero-order valence-corrected chi connectivity index (χ0v) is 9.84. The molecule has 0 spiro atoms. The summed E-state index contributed by atoms with van der Waals surface area (Å²) in [5.74, 6) is 1.19. The van der Waals surface area contributed by atoms with Gasteiger partial charge in [0.1, 0.15) is 16.0 Å². The van der Waals surface area contributed by atoms with Crippen LogP contribution in [-0.4, -0.2) is 16.5 Å². The molecule has 0 saturated heterocycles. The molecular weight excluding hydrogens is 267 g/mol. The molecule has 0 aliphatic carbocycles. The molecule has 0 aromatic carbocycles. The molecule has 0 saturated carbocycles. The van der Waals surface area contributed by atoms with Gasteiger partial charge in [0.15, 0.2) is 0 Å². The van der Waals surface area contributed by atoms with Crippen molar-refractivity contribution in [3.8, 4) is 5.75 Å². The normalized spacial score (nSPS) is 10.8. The Kier molecular flexibility index (Phi) is 2.65. The number of pyridine rings is 1. The van der Waals surface area contributed by atoms with Crippen molar-refractivity contribution in [2.75, 3.05) is 7.11 Å². The molecule has 3 nitrogen and oxygen atoms in total. The standard InChI is InChI=1S/C9H8BrClN2O/c1-14-7-2-3-8-12-6(4-11)5-13(8)9(7)10/h2-3,5H,4H2,1H3. The van der Waals surface area contributed by atoms with Crippen LogP contribution >= 0.6 is 27.5 Å². The smallest absolute Gasteiger partial charge is 0.150 e. The second-order valence-corrected chi connectivity index (χ2v) is 3.80. The van der Waals surface area contributed by atoms with Gasteiger partial charge in [0.2, 0.25) is 0 Å². The van der Waals surface area contributed by atoms with Crippen LogP contribution in [0.1, 0.15) is 5.69 Å². The summed E-state index contributed by atoms with van der Waals surface area (Å²) in [6, 6.07) is 3.75. The van der Waals surface area contributed by atoms with Crippen LogP contribution in [-0.2, 0) is 5.88 Å². The van der Waals surface area contributed by atoms with E-state index in [-0.39, 0.29) is 0 Å². The highest BCUT2D eigenvalue weighted by Gasteiger charge is 2.07. The molecule has 0 atom stereocenters. The number of rotatable bonds is 2. The molecule has 0 fully saturated rings. The minimum atomic E-state index is 0.413. The number of alkyl halides is 1. The second-order valence-electron chi connectivity index (χ2n) is 2.79. The number of methoxy groups -OCH3 is 1. The number of ether oxygens (including phenoxy) is 1. The fraction of sp³-hybridized carbons (Fsp3) is 0.222. The predicted molar refractivity (Wildman–Crippen MR) is 59.0 cm³/mol. The molecule has 0 radical (unpaired) electrons. The van der Waals surface area contributed by atoms with Crippen molar-refractivity contribution in [3.05, 3.63) is 28.6 Å². The Labute approximate surface area is 94.8 Å².